The number of rotatable bonds is 9. The van der Waals surface area contributed by atoms with E-state index in [1.807, 2.05) is 12.3 Å². The van der Waals surface area contributed by atoms with Gasteiger partial charge in [0, 0.05) is 36.3 Å². The summed E-state index contributed by atoms with van der Waals surface area (Å²) in [5, 5.41) is 14.3. The summed E-state index contributed by atoms with van der Waals surface area (Å²) in [6.45, 7) is 2.41. The highest BCUT2D eigenvalue weighted by molar-refractivity contribution is 7.98. The van der Waals surface area contributed by atoms with E-state index in [0.717, 1.165) is 22.2 Å². The second-order valence-electron chi connectivity index (χ2n) is 4.01. The van der Waals surface area contributed by atoms with Crippen LogP contribution in [0.4, 0.5) is 0 Å². The maximum absolute atomic E-state index is 11.4. The third-order valence-corrected chi connectivity index (χ3v) is 4.09. The number of hydrogen-bond donors (Lipinski definition) is 2. The third-order valence-electron chi connectivity index (χ3n) is 2.28. The Morgan fingerprint density at radius 3 is 2.89 bits per heavy atom. The van der Waals surface area contributed by atoms with Crippen LogP contribution in [0.5, 0.6) is 0 Å². The van der Waals surface area contributed by atoms with Gasteiger partial charge in [0.2, 0.25) is 5.91 Å². The van der Waals surface area contributed by atoms with Crippen molar-refractivity contribution in [3.8, 4) is 0 Å². The lowest BCUT2D eigenvalue weighted by molar-refractivity contribution is -0.137. The SMILES string of the molecule is Cc1nc(CSCCC(=O)NCCCC(=O)O)cs1. The minimum absolute atomic E-state index is 0.0210. The third kappa shape index (κ3) is 7.84. The Morgan fingerprint density at radius 2 is 2.26 bits per heavy atom. The summed E-state index contributed by atoms with van der Waals surface area (Å²) in [6, 6.07) is 0. The van der Waals surface area contributed by atoms with Gasteiger partial charge in [0.25, 0.3) is 0 Å². The van der Waals surface area contributed by atoms with E-state index in [9.17, 15) is 9.59 Å². The monoisotopic (exact) mass is 302 g/mol. The van der Waals surface area contributed by atoms with Gasteiger partial charge in [0.05, 0.1) is 10.7 Å². The van der Waals surface area contributed by atoms with E-state index >= 15 is 0 Å². The standard InChI is InChI=1S/C12H18N2O3S2/c1-9-14-10(8-19-9)7-18-6-4-11(15)13-5-2-3-12(16)17/h8H,2-7H2,1H3,(H,13,15)(H,16,17). The number of aliphatic carboxylic acids is 1. The zero-order chi connectivity index (χ0) is 14.1. The maximum Gasteiger partial charge on any atom is 0.303 e. The van der Waals surface area contributed by atoms with Gasteiger partial charge in [-0.15, -0.1) is 11.3 Å². The van der Waals surface area contributed by atoms with Crippen LogP contribution in [0.2, 0.25) is 0 Å². The highest BCUT2D eigenvalue weighted by atomic mass is 32.2. The van der Waals surface area contributed by atoms with Gasteiger partial charge in [-0.25, -0.2) is 4.98 Å². The van der Waals surface area contributed by atoms with E-state index in [2.05, 4.69) is 10.3 Å². The molecule has 0 aliphatic heterocycles. The molecule has 2 N–H and O–H groups in total. The second-order valence-corrected chi connectivity index (χ2v) is 6.18. The summed E-state index contributed by atoms with van der Waals surface area (Å²) in [4.78, 5) is 26.0. The first-order chi connectivity index (χ1) is 9.08. The molecule has 1 aromatic heterocycles. The van der Waals surface area contributed by atoms with Crippen LogP contribution in [0.15, 0.2) is 5.38 Å². The molecular weight excluding hydrogens is 284 g/mol. The summed E-state index contributed by atoms with van der Waals surface area (Å²) >= 11 is 3.31. The molecule has 0 bridgehead atoms. The number of aromatic nitrogens is 1. The van der Waals surface area contributed by atoms with Crippen molar-refractivity contribution in [2.24, 2.45) is 0 Å². The smallest absolute Gasteiger partial charge is 0.303 e. The van der Waals surface area contributed by atoms with Gasteiger partial charge < -0.3 is 10.4 Å². The number of nitrogens with one attached hydrogen (secondary N) is 1. The molecule has 1 rings (SSSR count). The fourth-order valence-electron chi connectivity index (χ4n) is 1.37. The Kier molecular flexibility index (Phi) is 7.50. The van der Waals surface area contributed by atoms with E-state index in [1.165, 1.54) is 0 Å². The predicted octanol–water partition coefficient (Wildman–Crippen LogP) is 2.06. The van der Waals surface area contributed by atoms with Crippen molar-refractivity contribution in [3.63, 3.8) is 0 Å². The number of thiazole rings is 1. The first kappa shape index (κ1) is 16.0. The minimum Gasteiger partial charge on any atom is -0.481 e. The van der Waals surface area contributed by atoms with Crippen molar-refractivity contribution in [1.29, 1.82) is 0 Å². The molecule has 0 unspecified atom stereocenters. The highest BCUT2D eigenvalue weighted by Gasteiger charge is 2.03. The summed E-state index contributed by atoms with van der Waals surface area (Å²) in [5.74, 6) is 0.730. The van der Waals surface area contributed by atoms with Crippen LogP contribution in [0, 0.1) is 6.92 Å². The molecule has 1 aromatic rings. The summed E-state index contributed by atoms with van der Waals surface area (Å²) in [5.41, 5.74) is 1.06. The Hall–Kier alpha value is -1.08. The van der Waals surface area contributed by atoms with Gasteiger partial charge in [0.15, 0.2) is 0 Å². The minimum atomic E-state index is -0.830. The lowest BCUT2D eigenvalue weighted by Crippen LogP contribution is -2.25. The first-order valence-electron chi connectivity index (χ1n) is 6.05. The molecule has 0 aromatic carbocycles. The van der Waals surface area contributed by atoms with Crippen molar-refractivity contribution in [2.75, 3.05) is 12.3 Å². The summed E-state index contributed by atoms with van der Waals surface area (Å²) in [6.07, 6.45) is 1.03. The normalized spacial score (nSPS) is 10.4. The van der Waals surface area contributed by atoms with Gasteiger partial charge in [-0.05, 0) is 13.3 Å². The van der Waals surface area contributed by atoms with Crippen molar-refractivity contribution in [1.82, 2.24) is 10.3 Å². The second kappa shape index (κ2) is 8.92. The van der Waals surface area contributed by atoms with Crippen LogP contribution < -0.4 is 5.32 Å². The molecule has 7 heteroatoms. The predicted molar refractivity (Wildman–Crippen MR) is 77.5 cm³/mol. The number of carboxylic acids is 1. The van der Waals surface area contributed by atoms with Crippen molar-refractivity contribution >= 4 is 35.0 Å². The van der Waals surface area contributed by atoms with Crippen molar-refractivity contribution < 1.29 is 14.7 Å². The van der Waals surface area contributed by atoms with Crippen LogP contribution >= 0.6 is 23.1 Å². The number of nitrogens with zero attached hydrogens (tertiary/aromatic N) is 1. The number of carbonyl (C=O) groups is 2. The molecule has 0 aliphatic carbocycles. The van der Waals surface area contributed by atoms with Gasteiger partial charge in [-0.2, -0.15) is 11.8 Å². The average Bonchev–Trinajstić information content (AvgIpc) is 2.76. The van der Waals surface area contributed by atoms with Crippen LogP contribution in [0.3, 0.4) is 0 Å². The van der Waals surface area contributed by atoms with Crippen LogP contribution in [-0.4, -0.2) is 34.3 Å². The molecule has 19 heavy (non-hydrogen) atoms. The zero-order valence-electron chi connectivity index (χ0n) is 10.8. The van der Waals surface area contributed by atoms with Crippen LogP contribution in [-0.2, 0) is 15.3 Å². The quantitative estimate of drug-likeness (QED) is 0.683. The topological polar surface area (TPSA) is 79.3 Å². The lowest BCUT2D eigenvalue weighted by Gasteiger charge is -2.03. The number of carboxylic acid groups (broad SMARTS) is 1. The fourth-order valence-corrected chi connectivity index (χ4v) is 2.92. The van der Waals surface area contributed by atoms with E-state index in [1.54, 1.807) is 23.1 Å². The Labute approximate surface area is 120 Å². The van der Waals surface area contributed by atoms with E-state index in [0.29, 0.717) is 19.4 Å². The summed E-state index contributed by atoms with van der Waals surface area (Å²) < 4.78 is 0. The largest absolute Gasteiger partial charge is 0.481 e. The summed E-state index contributed by atoms with van der Waals surface area (Å²) in [7, 11) is 0. The molecule has 1 heterocycles. The number of thioether (sulfide) groups is 1. The number of aryl methyl sites for hydroxylation is 1. The molecule has 0 radical (unpaired) electrons. The Balaban J connectivity index is 1.99. The number of carbonyl (C=O) groups excluding carboxylic acids is 1. The first-order valence-corrected chi connectivity index (χ1v) is 8.08. The molecule has 1 amide bonds. The van der Waals surface area contributed by atoms with Crippen LogP contribution in [0.1, 0.15) is 30.0 Å². The molecular formula is C12H18N2O3S2. The maximum atomic E-state index is 11.4. The molecule has 0 fully saturated rings. The van der Waals surface area contributed by atoms with Gasteiger partial charge >= 0.3 is 5.97 Å². The number of hydrogen-bond acceptors (Lipinski definition) is 5. The zero-order valence-corrected chi connectivity index (χ0v) is 12.5. The average molecular weight is 302 g/mol. The van der Waals surface area contributed by atoms with Crippen LogP contribution in [0.25, 0.3) is 0 Å². The van der Waals surface area contributed by atoms with E-state index in [-0.39, 0.29) is 12.3 Å². The molecule has 0 saturated carbocycles. The van der Waals surface area contributed by atoms with Gasteiger partial charge in [-0.1, -0.05) is 0 Å². The van der Waals surface area contributed by atoms with E-state index in [4.69, 9.17) is 5.11 Å². The van der Waals surface area contributed by atoms with Crippen molar-refractivity contribution in [2.45, 2.75) is 31.9 Å². The van der Waals surface area contributed by atoms with E-state index < -0.39 is 5.97 Å². The molecule has 0 aliphatic rings. The fraction of sp³-hybridized carbons (Fsp3) is 0.583. The Bertz CT molecular complexity index is 421. The molecule has 0 saturated heterocycles. The molecule has 5 nitrogen and oxygen atoms in total. The molecule has 106 valence electrons. The molecule has 0 atom stereocenters. The Morgan fingerprint density at radius 1 is 1.47 bits per heavy atom. The van der Waals surface area contributed by atoms with Gasteiger partial charge in [0.1, 0.15) is 0 Å². The van der Waals surface area contributed by atoms with Gasteiger partial charge in [-0.3, -0.25) is 9.59 Å². The molecule has 0 spiro atoms. The lowest BCUT2D eigenvalue weighted by atomic mass is 10.3. The highest BCUT2D eigenvalue weighted by Crippen LogP contribution is 2.15. The van der Waals surface area contributed by atoms with Crippen molar-refractivity contribution in [3.05, 3.63) is 16.1 Å². The number of amides is 1.